The lowest BCUT2D eigenvalue weighted by molar-refractivity contribution is -0.384. The number of rotatable bonds is 4. The summed E-state index contributed by atoms with van der Waals surface area (Å²) in [7, 11) is 0. The first-order valence-corrected chi connectivity index (χ1v) is 6.15. The summed E-state index contributed by atoms with van der Waals surface area (Å²) in [5.41, 5.74) is 1.88. The Morgan fingerprint density at radius 3 is 2.80 bits per heavy atom. The van der Waals surface area contributed by atoms with E-state index in [0.717, 1.165) is 5.56 Å². The predicted molar refractivity (Wildman–Crippen MR) is 76.6 cm³/mol. The van der Waals surface area contributed by atoms with E-state index >= 15 is 0 Å². The molecule has 0 spiro atoms. The fraction of sp³-hybridized carbons (Fsp3) is 0.0714. The van der Waals surface area contributed by atoms with E-state index in [1.54, 1.807) is 30.3 Å². The van der Waals surface area contributed by atoms with Gasteiger partial charge in [0.25, 0.3) is 5.69 Å². The van der Waals surface area contributed by atoms with Crippen molar-refractivity contribution in [3.05, 3.63) is 68.7 Å². The molecule has 0 saturated carbocycles. The first kappa shape index (κ1) is 13.8. The molecule has 0 fully saturated rings. The van der Waals surface area contributed by atoms with E-state index in [0.29, 0.717) is 22.8 Å². The number of hydrogen-bond acceptors (Lipinski definition) is 4. The summed E-state index contributed by atoms with van der Waals surface area (Å²) in [6, 6.07) is 13.3. The fourth-order valence-corrected chi connectivity index (χ4v) is 1.91. The zero-order valence-corrected chi connectivity index (χ0v) is 11.1. The second-order valence-electron chi connectivity index (χ2n) is 4.08. The van der Waals surface area contributed by atoms with E-state index in [1.807, 2.05) is 6.07 Å². The van der Waals surface area contributed by atoms with Crippen LogP contribution in [-0.4, -0.2) is 4.92 Å². The van der Waals surface area contributed by atoms with Gasteiger partial charge in [-0.1, -0.05) is 23.7 Å². The predicted octanol–water partition coefficient (Wildman–Crippen LogP) is 3.73. The van der Waals surface area contributed by atoms with Crippen LogP contribution in [0.1, 0.15) is 11.1 Å². The molecule has 0 saturated heterocycles. The van der Waals surface area contributed by atoms with Crippen molar-refractivity contribution in [3.8, 4) is 6.07 Å². The standard InChI is InChI=1S/C14H10ClN3O2/c15-12-4-5-14(11(7-12)8-16)17-9-10-2-1-3-13(6-10)18(19)20/h1-7,17H,9H2. The first-order valence-electron chi connectivity index (χ1n) is 5.77. The molecule has 0 aromatic heterocycles. The maximum atomic E-state index is 10.7. The molecule has 2 aromatic carbocycles. The molecule has 5 nitrogen and oxygen atoms in total. The van der Waals surface area contributed by atoms with Crippen LogP contribution in [-0.2, 0) is 6.54 Å². The average Bonchev–Trinajstić information content (AvgIpc) is 2.46. The van der Waals surface area contributed by atoms with Gasteiger partial charge in [-0.05, 0) is 23.8 Å². The molecule has 1 N–H and O–H groups in total. The molecular formula is C14H10ClN3O2. The van der Waals surface area contributed by atoms with Gasteiger partial charge in [-0.2, -0.15) is 5.26 Å². The number of benzene rings is 2. The number of nitrogens with one attached hydrogen (secondary N) is 1. The number of nitro benzene ring substituents is 1. The molecule has 0 unspecified atom stereocenters. The minimum atomic E-state index is -0.438. The Kier molecular flexibility index (Phi) is 4.18. The molecule has 0 aliphatic carbocycles. The number of nitrogens with zero attached hydrogens (tertiary/aromatic N) is 2. The Bertz CT molecular complexity index is 695. The number of non-ortho nitro benzene ring substituents is 1. The van der Waals surface area contributed by atoms with Gasteiger partial charge in [-0.15, -0.1) is 0 Å². The lowest BCUT2D eigenvalue weighted by Gasteiger charge is -2.08. The first-order chi connectivity index (χ1) is 9.60. The van der Waals surface area contributed by atoms with Gasteiger partial charge < -0.3 is 5.32 Å². The zero-order valence-electron chi connectivity index (χ0n) is 10.3. The van der Waals surface area contributed by atoms with E-state index < -0.39 is 4.92 Å². The van der Waals surface area contributed by atoms with Gasteiger partial charge in [0.15, 0.2) is 0 Å². The quantitative estimate of drug-likeness (QED) is 0.686. The lowest BCUT2D eigenvalue weighted by atomic mass is 10.1. The zero-order chi connectivity index (χ0) is 14.5. The van der Waals surface area contributed by atoms with Gasteiger partial charge >= 0.3 is 0 Å². The maximum absolute atomic E-state index is 10.7. The average molecular weight is 288 g/mol. The second-order valence-corrected chi connectivity index (χ2v) is 4.52. The van der Waals surface area contributed by atoms with Crippen LogP contribution in [0.4, 0.5) is 11.4 Å². The van der Waals surface area contributed by atoms with E-state index in [-0.39, 0.29) is 5.69 Å². The van der Waals surface area contributed by atoms with Crippen LogP contribution in [0.5, 0.6) is 0 Å². The van der Waals surface area contributed by atoms with Crippen LogP contribution in [0, 0.1) is 21.4 Å². The molecule has 2 rings (SSSR count). The van der Waals surface area contributed by atoms with Gasteiger partial charge in [0, 0.05) is 23.7 Å². The van der Waals surface area contributed by atoms with Crippen molar-refractivity contribution < 1.29 is 4.92 Å². The Balaban J connectivity index is 2.15. The van der Waals surface area contributed by atoms with Crippen LogP contribution in [0.3, 0.4) is 0 Å². The van der Waals surface area contributed by atoms with Crippen LogP contribution in [0.15, 0.2) is 42.5 Å². The third kappa shape index (κ3) is 3.25. The van der Waals surface area contributed by atoms with Crippen molar-refractivity contribution in [1.29, 1.82) is 5.26 Å². The SMILES string of the molecule is N#Cc1cc(Cl)ccc1NCc1cccc([N+](=O)[O-])c1. The number of hydrogen-bond donors (Lipinski definition) is 1. The highest BCUT2D eigenvalue weighted by Crippen LogP contribution is 2.21. The molecule has 0 aliphatic rings. The van der Waals surface area contributed by atoms with Crippen molar-refractivity contribution in [2.45, 2.75) is 6.54 Å². The molecule has 0 atom stereocenters. The molecule has 2 aromatic rings. The highest BCUT2D eigenvalue weighted by molar-refractivity contribution is 6.30. The molecule has 0 amide bonds. The van der Waals surface area contributed by atoms with E-state index in [2.05, 4.69) is 5.32 Å². The smallest absolute Gasteiger partial charge is 0.269 e. The largest absolute Gasteiger partial charge is 0.380 e. The van der Waals surface area contributed by atoms with E-state index in [9.17, 15) is 10.1 Å². The Labute approximate surface area is 120 Å². The summed E-state index contributed by atoms with van der Waals surface area (Å²) in [4.78, 5) is 10.3. The maximum Gasteiger partial charge on any atom is 0.269 e. The molecule has 20 heavy (non-hydrogen) atoms. The van der Waals surface area contributed by atoms with Gasteiger partial charge in [0.1, 0.15) is 6.07 Å². The van der Waals surface area contributed by atoms with Gasteiger partial charge in [-0.25, -0.2) is 0 Å². The Morgan fingerprint density at radius 1 is 1.30 bits per heavy atom. The second kappa shape index (κ2) is 6.04. The molecule has 0 bridgehead atoms. The molecule has 6 heteroatoms. The lowest BCUT2D eigenvalue weighted by Crippen LogP contribution is -2.01. The number of anilines is 1. The summed E-state index contributed by atoms with van der Waals surface area (Å²) in [5, 5.41) is 23.3. The summed E-state index contributed by atoms with van der Waals surface area (Å²) in [5.74, 6) is 0. The van der Waals surface area contributed by atoms with E-state index in [4.69, 9.17) is 16.9 Å². The minimum absolute atomic E-state index is 0.0425. The monoisotopic (exact) mass is 287 g/mol. The van der Waals surface area contributed by atoms with Crippen LogP contribution < -0.4 is 5.32 Å². The third-order valence-corrected chi connectivity index (χ3v) is 2.94. The van der Waals surface area contributed by atoms with Crippen molar-refractivity contribution >= 4 is 23.0 Å². The van der Waals surface area contributed by atoms with Crippen molar-refractivity contribution in [2.75, 3.05) is 5.32 Å². The summed E-state index contributed by atoms with van der Waals surface area (Å²) >= 11 is 5.81. The van der Waals surface area contributed by atoms with E-state index in [1.165, 1.54) is 12.1 Å². The molecule has 0 aliphatic heterocycles. The molecule has 0 heterocycles. The molecular weight excluding hydrogens is 278 g/mol. The van der Waals surface area contributed by atoms with Crippen molar-refractivity contribution in [3.63, 3.8) is 0 Å². The van der Waals surface area contributed by atoms with Gasteiger partial charge in [0.05, 0.1) is 16.2 Å². The van der Waals surface area contributed by atoms with Crippen LogP contribution >= 0.6 is 11.6 Å². The summed E-state index contributed by atoms with van der Waals surface area (Å²) in [6.45, 7) is 0.387. The molecule has 0 radical (unpaired) electrons. The van der Waals surface area contributed by atoms with Gasteiger partial charge in [0.2, 0.25) is 0 Å². The number of halogens is 1. The normalized spacial score (nSPS) is 9.80. The third-order valence-electron chi connectivity index (χ3n) is 2.71. The molecule has 100 valence electrons. The summed E-state index contributed by atoms with van der Waals surface area (Å²) < 4.78 is 0. The minimum Gasteiger partial charge on any atom is -0.380 e. The topological polar surface area (TPSA) is 79.0 Å². The Morgan fingerprint density at radius 2 is 2.10 bits per heavy atom. The van der Waals surface area contributed by atoms with Crippen molar-refractivity contribution in [2.24, 2.45) is 0 Å². The highest BCUT2D eigenvalue weighted by atomic mass is 35.5. The fourth-order valence-electron chi connectivity index (χ4n) is 1.74. The van der Waals surface area contributed by atoms with Crippen molar-refractivity contribution in [1.82, 2.24) is 0 Å². The van der Waals surface area contributed by atoms with Crippen LogP contribution in [0.25, 0.3) is 0 Å². The van der Waals surface area contributed by atoms with Crippen LogP contribution in [0.2, 0.25) is 5.02 Å². The van der Waals surface area contributed by atoms with Gasteiger partial charge in [-0.3, -0.25) is 10.1 Å². The number of nitriles is 1. The Hall–Kier alpha value is -2.58. The highest BCUT2D eigenvalue weighted by Gasteiger charge is 2.07. The number of nitro groups is 1. The summed E-state index contributed by atoms with van der Waals surface area (Å²) in [6.07, 6.45) is 0.